The lowest BCUT2D eigenvalue weighted by atomic mass is 10.1. The Morgan fingerprint density at radius 1 is 1.20 bits per heavy atom. The van der Waals surface area contributed by atoms with Crippen molar-refractivity contribution in [1.82, 2.24) is 19.6 Å². The van der Waals surface area contributed by atoms with Crippen LogP contribution in [0.1, 0.15) is 24.6 Å². The normalized spacial score (nSPS) is 17.4. The average molecular weight is 508 g/mol. The average Bonchev–Trinajstić information content (AvgIpc) is 2.99. The summed E-state index contributed by atoms with van der Waals surface area (Å²) in [7, 11) is 0. The van der Waals surface area contributed by atoms with Crippen molar-refractivity contribution < 1.29 is 22.7 Å². The molecule has 35 heavy (non-hydrogen) atoms. The van der Waals surface area contributed by atoms with Gasteiger partial charge in [-0.1, -0.05) is 11.6 Å². The van der Waals surface area contributed by atoms with Crippen LogP contribution in [-0.2, 0) is 17.5 Å². The van der Waals surface area contributed by atoms with E-state index in [1.54, 1.807) is 11.0 Å². The summed E-state index contributed by atoms with van der Waals surface area (Å²) in [5, 5.41) is 3.27. The number of ether oxygens (including phenoxy) is 1. The van der Waals surface area contributed by atoms with E-state index in [0.29, 0.717) is 41.5 Å². The topological polar surface area (TPSA) is 62.1 Å². The molecular weight excluding hydrogens is 483 g/mol. The molecule has 0 aliphatic carbocycles. The predicted octanol–water partition coefficient (Wildman–Crippen LogP) is 4.21. The minimum atomic E-state index is -4.54. The molecule has 3 aromatic rings. The summed E-state index contributed by atoms with van der Waals surface area (Å²) in [6.07, 6.45) is -2.55. The molecule has 0 unspecified atom stereocenters. The Kier molecular flexibility index (Phi) is 6.37. The summed E-state index contributed by atoms with van der Waals surface area (Å²) in [6, 6.07) is 6.30. The highest BCUT2D eigenvalue weighted by Gasteiger charge is 2.33. The van der Waals surface area contributed by atoms with Crippen molar-refractivity contribution in [2.75, 3.05) is 44.2 Å². The van der Waals surface area contributed by atoms with Gasteiger partial charge in [-0.2, -0.15) is 13.2 Å². The molecule has 5 rings (SSSR count). The Hall–Kier alpha value is -2.82. The second-order valence-corrected chi connectivity index (χ2v) is 9.07. The zero-order valence-electron chi connectivity index (χ0n) is 19.2. The van der Waals surface area contributed by atoms with Crippen molar-refractivity contribution in [1.29, 1.82) is 0 Å². The van der Waals surface area contributed by atoms with E-state index < -0.39 is 11.7 Å². The third-order valence-corrected chi connectivity index (χ3v) is 6.68. The van der Waals surface area contributed by atoms with E-state index in [1.165, 1.54) is 4.40 Å². The number of pyridine rings is 1. The number of imidazole rings is 1. The van der Waals surface area contributed by atoms with Gasteiger partial charge >= 0.3 is 6.18 Å². The molecule has 186 valence electrons. The number of nitrogens with zero attached hydrogens (tertiary/aromatic N) is 4. The highest BCUT2D eigenvalue weighted by Crippen LogP contribution is 2.39. The van der Waals surface area contributed by atoms with Crippen molar-refractivity contribution in [2.24, 2.45) is 0 Å². The van der Waals surface area contributed by atoms with Crippen molar-refractivity contribution in [3.63, 3.8) is 0 Å². The highest BCUT2D eigenvalue weighted by molar-refractivity contribution is 6.33. The molecule has 0 saturated carbocycles. The van der Waals surface area contributed by atoms with Gasteiger partial charge in [0.1, 0.15) is 5.75 Å². The van der Waals surface area contributed by atoms with Crippen LogP contribution >= 0.6 is 11.6 Å². The van der Waals surface area contributed by atoms with Gasteiger partial charge in [0.15, 0.2) is 12.3 Å². The van der Waals surface area contributed by atoms with E-state index in [0.717, 1.165) is 44.9 Å². The standard InChI is InChI=1S/C24H25ClF3N5O2/c1-2-32-18-10-15(4-5-20(18)35-14-21(32)34)22-19(13-31-8-3-6-29-7-9-31)33-12-16(24(26,27)28)11-17(25)23(33)30-22/h4-5,10-12,29H,2-3,6-9,13-14H2,1H3. The predicted molar refractivity (Wildman–Crippen MR) is 127 cm³/mol. The molecule has 0 atom stereocenters. The molecule has 7 nitrogen and oxygen atoms in total. The van der Waals surface area contributed by atoms with Crippen molar-refractivity contribution >= 4 is 28.8 Å². The highest BCUT2D eigenvalue weighted by atomic mass is 35.5. The Labute approximate surface area is 205 Å². The van der Waals surface area contributed by atoms with Crippen LogP contribution in [0.2, 0.25) is 5.02 Å². The Morgan fingerprint density at radius 2 is 2.03 bits per heavy atom. The largest absolute Gasteiger partial charge is 0.482 e. The lowest BCUT2D eigenvalue weighted by Gasteiger charge is -2.28. The fourth-order valence-electron chi connectivity index (χ4n) is 4.66. The summed E-state index contributed by atoms with van der Waals surface area (Å²) >= 11 is 6.31. The van der Waals surface area contributed by atoms with Gasteiger partial charge in [-0.05, 0) is 50.7 Å². The fourth-order valence-corrected chi connectivity index (χ4v) is 4.91. The first-order valence-corrected chi connectivity index (χ1v) is 11.9. The maximum absolute atomic E-state index is 13.6. The molecule has 11 heteroatoms. The monoisotopic (exact) mass is 507 g/mol. The van der Waals surface area contributed by atoms with Gasteiger partial charge in [-0.15, -0.1) is 0 Å². The first-order chi connectivity index (χ1) is 16.8. The number of anilines is 1. The van der Waals surface area contributed by atoms with Crippen molar-refractivity contribution in [3.8, 4) is 17.0 Å². The lowest BCUT2D eigenvalue weighted by Crippen LogP contribution is -2.38. The number of benzene rings is 1. The number of carbonyl (C=O) groups excluding carboxylic acids is 1. The van der Waals surface area contributed by atoms with Gasteiger partial charge in [-0.3, -0.25) is 9.69 Å². The number of carbonyl (C=O) groups is 1. The Balaban J connectivity index is 1.68. The number of alkyl halides is 3. The Bertz CT molecular complexity index is 1270. The fraction of sp³-hybridized carbons (Fsp3) is 0.417. The Morgan fingerprint density at radius 3 is 2.80 bits per heavy atom. The molecule has 1 aromatic carbocycles. The van der Waals surface area contributed by atoms with Crippen LogP contribution in [0.5, 0.6) is 5.75 Å². The molecule has 0 spiro atoms. The van der Waals surface area contributed by atoms with E-state index in [9.17, 15) is 18.0 Å². The van der Waals surface area contributed by atoms with Gasteiger partial charge < -0.3 is 19.4 Å². The molecule has 2 aliphatic heterocycles. The zero-order chi connectivity index (χ0) is 24.7. The third-order valence-electron chi connectivity index (χ3n) is 6.40. The van der Waals surface area contributed by atoms with Crippen molar-refractivity contribution in [2.45, 2.75) is 26.1 Å². The smallest absolute Gasteiger partial charge is 0.417 e. The zero-order valence-corrected chi connectivity index (χ0v) is 19.9. The summed E-state index contributed by atoms with van der Waals surface area (Å²) in [5.41, 5.74) is 1.86. The molecule has 0 radical (unpaired) electrons. The van der Waals surface area contributed by atoms with E-state index >= 15 is 0 Å². The van der Waals surface area contributed by atoms with Gasteiger partial charge in [0.2, 0.25) is 0 Å². The lowest BCUT2D eigenvalue weighted by molar-refractivity contribution is -0.137. The molecule has 1 saturated heterocycles. The maximum atomic E-state index is 13.6. The number of nitrogens with one attached hydrogen (secondary N) is 1. The number of hydrogen-bond donors (Lipinski definition) is 1. The van der Waals surface area contributed by atoms with E-state index in [-0.39, 0.29) is 23.2 Å². The van der Waals surface area contributed by atoms with Crippen LogP contribution in [-0.4, -0.2) is 59.5 Å². The van der Waals surface area contributed by atoms with Gasteiger partial charge in [0, 0.05) is 37.9 Å². The second-order valence-electron chi connectivity index (χ2n) is 8.66. The number of hydrogen-bond acceptors (Lipinski definition) is 5. The number of amides is 1. The summed E-state index contributed by atoms with van der Waals surface area (Å²) in [6.45, 7) is 5.98. The molecular formula is C24H25ClF3N5O2. The SMILES string of the molecule is CCN1C(=O)COc2ccc(-c3nc4c(Cl)cc(C(F)(F)F)cn4c3CN3CCCNCC3)cc21. The molecule has 1 fully saturated rings. The number of likely N-dealkylation sites (N-methyl/N-ethyl adjacent to an activating group) is 1. The number of fused-ring (bicyclic) bond motifs is 2. The summed E-state index contributed by atoms with van der Waals surface area (Å²) in [5.74, 6) is 0.429. The summed E-state index contributed by atoms with van der Waals surface area (Å²) in [4.78, 5) is 20.9. The number of halogens is 4. The minimum Gasteiger partial charge on any atom is -0.482 e. The van der Waals surface area contributed by atoms with Crippen molar-refractivity contribution in [3.05, 3.63) is 46.7 Å². The van der Waals surface area contributed by atoms with Crippen LogP contribution in [0.15, 0.2) is 30.5 Å². The quantitative estimate of drug-likeness (QED) is 0.573. The number of rotatable bonds is 4. The second kappa shape index (κ2) is 9.33. The molecule has 2 aliphatic rings. The van der Waals surface area contributed by atoms with E-state index in [2.05, 4.69) is 10.2 Å². The molecule has 1 N–H and O–H groups in total. The first-order valence-electron chi connectivity index (χ1n) is 11.5. The van der Waals surface area contributed by atoms with E-state index in [1.807, 2.05) is 19.1 Å². The van der Waals surface area contributed by atoms with Crippen LogP contribution in [0.4, 0.5) is 18.9 Å². The summed E-state index contributed by atoms with van der Waals surface area (Å²) < 4.78 is 47.9. The third kappa shape index (κ3) is 4.57. The van der Waals surface area contributed by atoms with Gasteiger partial charge in [0.25, 0.3) is 5.91 Å². The molecule has 0 bridgehead atoms. The molecule has 1 amide bonds. The number of aromatic nitrogens is 2. The minimum absolute atomic E-state index is 0.0291. The first kappa shape index (κ1) is 23.9. The van der Waals surface area contributed by atoms with Crippen LogP contribution in [0.3, 0.4) is 0 Å². The van der Waals surface area contributed by atoms with Crippen LogP contribution < -0.4 is 15.0 Å². The van der Waals surface area contributed by atoms with E-state index in [4.69, 9.17) is 21.3 Å². The van der Waals surface area contributed by atoms with Gasteiger partial charge in [0.05, 0.1) is 27.7 Å². The maximum Gasteiger partial charge on any atom is 0.417 e. The van der Waals surface area contributed by atoms with Crippen LogP contribution in [0.25, 0.3) is 16.9 Å². The van der Waals surface area contributed by atoms with Crippen LogP contribution in [0, 0.1) is 0 Å². The molecule has 4 heterocycles. The van der Waals surface area contributed by atoms with Gasteiger partial charge in [-0.25, -0.2) is 4.98 Å². The molecule has 2 aromatic heterocycles.